The topological polar surface area (TPSA) is 114 Å². The Bertz CT molecular complexity index is 487. The van der Waals surface area contributed by atoms with Crippen LogP contribution < -0.4 is 16.0 Å². The van der Waals surface area contributed by atoms with Crippen LogP contribution in [0.25, 0.3) is 0 Å². The zero-order chi connectivity index (χ0) is 13.1. The number of nitrogens with two attached hydrogens (primary N) is 1. The minimum atomic E-state index is -3.01. The SMILES string of the molecule is CN(C)c1nc(N)nc(NCCS(C)(=O)=O)n1. The first-order valence-electron chi connectivity index (χ1n) is 4.88. The molecule has 0 fully saturated rings. The smallest absolute Gasteiger partial charge is 0.231 e. The van der Waals surface area contributed by atoms with Gasteiger partial charge in [0.05, 0.1) is 5.75 Å². The minimum absolute atomic E-state index is 0.00981. The lowest BCUT2D eigenvalue weighted by molar-refractivity contribution is 0.602. The molecule has 0 unspecified atom stereocenters. The number of nitrogen functional groups attached to an aromatic ring is 1. The summed E-state index contributed by atoms with van der Waals surface area (Å²) in [5.41, 5.74) is 5.51. The van der Waals surface area contributed by atoms with E-state index in [0.29, 0.717) is 5.95 Å². The van der Waals surface area contributed by atoms with Crippen LogP contribution in [-0.4, -0.2) is 56.0 Å². The molecule has 1 aromatic rings. The van der Waals surface area contributed by atoms with Crippen molar-refractivity contribution in [3.63, 3.8) is 0 Å². The third kappa shape index (κ3) is 4.81. The normalized spacial score (nSPS) is 11.2. The molecule has 1 aromatic heterocycles. The van der Waals surface area contributed by atoms with Crippen molar-refractivity contribution in [3.8, 4) is 0 Å². The van der Waals surface area contributed by atoms with E-state index in [2.05, 4.69) is 20.3 Å². The van der Waals surface area contributed by atoms with E-state index in [-0.39, 0.29) is 24.2 Å². The van der Waals surface area contributed by atoms with Crippen molar-refractivity contribution in [1.82, 2.24) is 15.0 Å². The van der Waals surface area contributed by atoms with Gasteiger partial charge in [-0.2, -0.15) is 15.0 Å². The minimum Gasteiger partial charge on any atom is -0.368 e. The molecule has 1 heterocycles. The number of anilines is 3. The molecule has 0 atom stereocenters. The van der Waals surface area contributed by atoms with Gasteiger partial charge < -0.3 is 16.0 Å². The van der Waals surface area contributed by atoms with Gasteiger partial charge in [0, 0.05) is 26.9 Å². The molecule has 0 amide bonds. The molecule has 0 saturated heterocycles. The van der Waals surface area contributed by atoms with Crippen LogP contribution in [0, 0.1) is 0 Å². The highest BCUT2D eigenvalue weighted by Crippen LogP contribution is 2.08. The molecule has 0 aliphatic rings. The molecule has 3 N–H and O–H groups in total. The number of nitrogens with zero attached hydrogens (tertiary/aromatic N) is 4. The van der Waals surface area contributed by atoms with Crippen LogP contribution in [0.4, 0.5) is 17.8 Å². The van der Waals surface area contributed by atoms with Gasteiger partial charge in [0.15, 0.2) is 0 Å². The lowest BCUT2D eigenvalue weighted by Gasteiger charge is -2.11. The molecule has 0 radical (unpaired) electrons. The van der Waals surface area contributed by atoms with Crippen LogP contribution in [0.5, 0.6) is 0 Å². The van der Waals surface area contributed by atoms with E-state index >= 15 is 0 Å². The maximum absolute atomic E-state index is 10.9. The number of nitrogens with one attached hydrogen (secondary N) is 1. The van der Waals surface area contributed by atoms with E-state index in [1.807, 2.05) is 0 Å². The van der Waals surface area contributed by atoms with E-state index in [1.165, 1.54) is 6.26 Å². The highest BCUT2D eigenvalue weighted by Gasteiger charge is 2.07. The maximum Gasteiger partial charge on any atom is 0.231 e. The van der Waals surface area contributed by atoms with Crippen LogP contribution in [0.15, 0.2) is 0 Å². The Morgan fingerprint density at radius 3 is 2.47 bits per heavy atom. The van der Waals surface area contributed by atoms with Gasteiger partial charge in [0.2, 0.25) is 17.8 Å². The molecule has 0 aliphatic carbocycles. The molecule has 17 heavy (non-hydrogen) atoms. The number of aromatic nitrogens is 3. The van der Waals surface area contributed by atoms with Crippen molar-refractivity contribution in [2.75, 3.05) is 48.6 Å². The van der Waals surface area contributed by atoms with Gasteiger partial charge in [0.1, 0.15) is 9.84 Å². The van der Waals surface area contributed by atoms with Crippen molar-refractivity contribution in [3.05, 3.63) is 0 Å². The maximum atomic E-state index is 10.9. The van der Waals surface area contributed by atoms with Gasteiger partial charge in [0.25, 0.3) is 0 Å². The molecule has 0 saturated carbocycles. The molecule has 0 bridgehead atoms. The van der Waals surface area contributed by atoms with E-state index in [9.17, 15) is 8.42 Å². The van der Waals surface area contributed by atoms with Crippen molar-refractivity contribution >= 4 is 27.7 Å². The van der Waals surface area contributed by atoms with Crippen LogP contribution >= 0.6 is 0 Å². The summed E-state index contributed by atoms with van der Waals surface area (Å²) >= 11 is 0. The Morgan fingerprint density at radius 1 is 1.29 bits per heavy atom. The summed E-state index contributed by atoms with van der Waals surface area (Å²) in [6.45, 7) is 0.231. The van der Waals surface area contributed by atoms with Gasteiger partial charge in [-0.05, 0) is 0 Å². The van der Waals surface area contributed by atoms with Crippen molar-refractivity contribution in [1.29, 1.82) is 0 Å². The second kappa shape index (κ2) is 5.13. The summed E-state index contributed by atoms with van der Waals surface area (Å²) in [4.78, 5) is 13.5. The number of sulfone groups is 1. The van der Waals surface area contributed by atoms with Gasteiger partial charge in [-0.1, -0.05) is 0 Å². The zero-order valence-electron chi connectivity index (χ0n) is 10.0. The fourth-order valence-corrected chi connectivity index (χ4v) is 1.48. The number of hydrogen-bond acceptors (Lipinski definition) is 8. The molecule has 0 aliphatic heterocycles. The van der Waals surface area contributed by atoms with Crippen LogP contribution in [0.1, 0.15) is 0 Å². The molecular formula is C8H16N6O2S. The van der Waals surface area contributed by atoms with Crippen LogP contribution in [-0.2, 0) is 9.84 Å². The summed E-state index contributed by atoms with van der Waals surface area (Å²) in [6.07, 6.45) is 1.17. The standard InChI is InChI=1S/C8H16N6O2S/c1-14(2)8-12-6(9)11-7(13-8)10-4-5-17(3,15)16/h4-5H2,1-3H3,(H3,9,10,11,12,13). The van der Waals surface area contributed by atoms with Gasteiger partial charge in [-0.15, -0.1) is 0 Å². The lowest BCUT2D eigenvalue weighted by atomic mass is 10.7. The third-order valence-corrected chi connectivity index (χ3v) is 2.74. The fraction of sp³-hybridized carbons (Fsp3) is 0.625. The third-order valence-electron chi connectivity index (χ3n) is 1.80. The average Bonchev–Trinajstić information content (AvgIpc) is 2.14. The fourth-order valence-electron chi connectivity index (χ4n) is 1.01. The Labute approximate surface area is 100 Å². The van der Waals surface area contributed by atoms with Crippen molar-refractivity contribution < 1.29 is 8.42 Å². The molecule has 9 heteroatoms. The van der Waals surface area contributed by atoms with Crippen LogP contribution in [0.2, 0.25) is 0 Å². The molecule has 0 aromatic carbocycles. The first-order valence-corrected chi connectivity index (χ1v) is 6.94. The Balaban J connectivity index is 2.71. The second-order valence-electron chi connectivity index (χ2n) is 3.77. The molecule has 0 spiro atoms. The van der Waals surface area contributed by atoms with Gasteiger partial charge >= 0.3 is 0 Å². The summed E-state index contributed by atoms with van der Waals surface area (Å²) in [6, 6.07) is 0. The van der Waals surface area contributed by atoms with Crippen molar-refractivity contribution in [2.24, 2.45) is 0 Å². The van der Waals surface area contributed by atoms with E-state index in [1.54, 1.807) is 19.0 Å². The Hall–Kier alpha value is -1.64. The highest BCUT2D eigenvalue weighted by atomic mass is 32.2. The summed E-state index contributed by atoms with van der Waals surface area (Å²) in [7, 11) is 0.540. The Kier molecular flexibility index (Phi) is 4.05. The van der Waals surface area contributed by atoms with Crippen LogP contribution in [0.3, 0.4) is 0 Å². The zero-order valence-corrected chi connectivity index (χ0v) is 10.8. The molecule has 1 rings (SSSR count). The predicted molar refractivity (Wildman–Crippen MR) is 66.8 cm³/mol. The predicted octanol–water partition coefficient (Wildman–Crippen LogP) is -1.02. The van der Waals surface area contributed by atoms with E-state index < -0.39 is 9.84 Å². The quantitative estimate of drug-likeness (QED) is 0.691. The second-order valence-corrected chi connectivity index (χ2v) is 6.03. The highest BCUT2D eigenvalue weighted by molar-refractivity contribution is 7.90. The largest absolute Gasteiger partial charge is 0.368 e. The summed E-state index contributed by atoms with van der Waals surface area (Å²) in [5, 5.41) is 2.79. The first kappa shape index (κ1) is 13.4. The lowest BCUT2D eigenvalue weighted by Crippen LogP contribution is -2.19. The first-order chi connectivity index (χ1) is 7.78. The number of hydrogen-bond donors (Lipinski definition) is 2. The van der Waals surface area contributed by atoms with Crippen molar-refractivity contribution in [2.45, 2.75) is 0 Å². The summed E-state index contributed by atoms with van der Waals surface area (Å²) < 4.78 is 21.9. The Morgan fingerprint density at radius 2 is 1.94 bits per heavy atom. The average molecular weight is 260 g/mol. The molecule has 8 nitrogen and oxygen atoms in total. The van der Waals surface area contributed by atoms with Gasteiger partial charge in [-0.25, -0.2) is 8.42 Å². The van der Waals surface area contributed by atoms with E-state index in [0.717, 1.165) is 0 Å². The summed E-state index contributed by atoms with van der Waals surface area (Å²) in [5.74, 6) is 0.783. The monoisotopic (exact) mass is 260 g/mol. The molecule has 96 valence electrons. The number of rotatable bonds is 5. The molecular weight excluding hydrogens is 244 g/mol. The van der Waals surface area contributed by atoms with Gasteiger partial charge in [-0.3, -0.25) is 0 Å². The van der Waals surface area contributed by atoms with E-state index in [4.69, 9.17) is 5.73 Å².